The lowest BCUT2D eigenvalue weighted by Crippen LogP contribution is -2.30. The van der Waals surface area contributed by atoms with E-state index in [1.54, 1.807) is 11.3 Å². The average molecular weight is 286 g/mol. The quantitative estimate of drug-likeness (QED) is 0.773. The molecule has 3 rings (SSSR count). The van der Waals surface area contributed by atoms with Gasteiger partial charge in [0.05, 0.1) is 6.20 Å². The number of hydrogen-bond donors (Lipinski definition) is 2. The van der Waals surface area contributed by atoms with Crippen LogP contribution in [-0.4, -0.2) is 21.7 Å². The first kappa shape index (κ1) is 13.3. The van der Waals surface area contributed by atoms with Crippen LogP contribution in [0.1, 0.15) is 25.8 Å². The van der Waals surface area contributed by atoms with Gasteiger partial charge >= 0.3 is 0 Å². The van der Waals surface area contributed by atoms with E-state index in [1.165, 1.54) is 16.0 Å². The van der Waals surface area contributed by atoms with Crippen LogP contribution in [0.25, 0.3) is 21.5 Å². The Morgan fingerprint density at radius 1 is 1.45 bits per heavy atom. The molecule has 0 amide bonds. The second kappa shape index (κ2) is 5.00. The number of nitrogens with two attached hydrogens (primary N) is 1. The van der Waals surface area contributed by atoms with Crippen molar-refractivity contribution >= 4 is 22.4 Å². The van der Waals surface area contributed by atoms with Gasteiger partial charge in [-0.15, -0.1) is 11.3 Å². The van der Waals surface area contributed by atoms with E-state index in [2.05, 4.69) is 40.5 Å². The number of rotatable bonds is 4. The first-order valence-corrected chi connectivity index (χ1v) is 7.63. The Bertz CT molecular complexity index is 724. The summed E-state index contributed by atoms with van der Waals surface area (Å²) in [5.74, 6) is 0. The molecule has 0 saturated carbocycles. The summed E-state index contributed by atoms with van der Waals surface area (Å²) in [4.78, 5) is 5.52. The molecule has 0 saturated heterocycles. The molecule has 104 valence electrons. The summed E-state index contributed by atoms with van der Waals surface area (Å²) in [6, 6.07) is 4.29. The van der Waals surface area contributed by atoms with Crippen LogP contribution >= 0.6 is 11.3 Å². The predicted molar refractivity (Wildman–Crippen MR) is 83.9 cm³/mol. The molecule has 5 heteroatoms. The minimum atomic E-state index is 0.0529. The van der Waals surface area contributed by atoms with Crippen LogP contribution in [0.15, 0.2) is 29.9 Å². The third-order valence-corrected chi connectivity index (χ3v) is 5.11. The Kier molecular flexibility index (Phi) is 3.31. The lowest BCUT2D eigenvalue weighted by Gasteiger charge is -2.25. The van der Waals surface area contributed by atoms with Crippen LogP contribution in [0.4, 0.5) is 0 Å². The molecule has 3 aromatic rings. The third kappa shape index (κ3) is 2.03. The Morgan fingerprint density at radius 2 is 2.30 bits per heavy atom. The van der Waals surface area contributed by atoms with Crippen LogP contribution in [0.2, 0.25) is 0 Å². The van der Waals surface area contributed by atoms with Gasteiger partial charge in [-0.05, 0) is 29.5 Å². The molecule has 3 aromatic heterocycles. The summed E-state index contributed by atoms with van der Waals surface area (Å²) in [6.07, 6.45) is 4.69. The third-order valence-electron chi connectivity index (χ3n) is 4.15. The molecule has 0 radical (unpaired) electrons. The van der Waals surface area contributed by atoms with Gasteiger partial charge in [0.25, 0.3) is 0 Å². The molecule has 20 heavy (non-hydrogen) atoms. The van der Waals surface area contributed by atoms with Crippen molar-refractivity contribution < 1.29 is 0 Å². The van der Waals surface area contributed by atoms with E-state index in [9.17, 15) is 0 Å². The lowest BCUT2D eigenvalue weighted by atomic mass is 9.81. The minimum Gasteiger partial charge on any atom is -0.330 e. The summed E-state index contributed by atoms with van der Waals surface area (Å²) < 4.78 is 0. The molecule has 0 fully saturated rings. The van der Waals surface area contributed by atoms with Crippen LogP contribution in [0.5, 0.6) is 0 Å². The van der Waals surface area contributed by atoms with Crippen molar-refractivity contribution in [2.45, 2.75) is 25.7 Å². The van der Waals surface area contributed by atoms with Crippen molar-refractivity contribution in [1.82, 2.24) is 15.2 Å². The van der Waals surface area contributed by atoms with Crippen molar-refractivity contribution in [1.29, 1.82) is 0 Å². The van der Waals surface area contributed by atoms with Gasteiger partial charge in [0, 0.05) is 34.0 Å². The summed E-state index contributed by atoms with van der Waals surface area (Å²) in [5.41, 5.74) is 9.32. The molecule has 0 aliphatic carbocycles. The normalized spacial score (nSPS) is 14.6. The number of aromatic amines is 1. The van der Waals surface area contributed by atoms with Crippen molar-refractivity contribution in [2.75, 3.05) is 6.54 Å². The van der Waals surface area contributed by atoms with E-state index in [1.807, 2.05) is 18.5 Å². The second-order valence-corrected chi connectivity index (χ2v) is 6.22. The van der Waals surface area contributed by atoms with Crippen LogP contribution in [-0.2, 0) is 5.41 Å². The van der Waals surface area contributed by atoms with Crippen molar-refractivity contribution in [2.24, 2.45) is 5.73 Å². The van der Waals surface area contributed by atoms with E-state index < -0.39 is 0 Å². The number of thiophene rings is 1. The first-order chi connectivity index (χ1) is 9.68. The molecule has 3 N–H and O–H groups in total. The smallest absolute Gasteiger partial charge is 0.155 e. The topological polar surface area (TPSA) is 67.6 Å². The molecule has 4 nitrogen and oxygen atoms in total. The van der Waals surface area contributed by atoms with Gasteiger partial charge < -0.3 is 5.73 Å². The minimum absolute atomic E-state index is 0.0529. The zero-order valence-corrected chi connectivity index (χ0v) is 12.5. The van der Waals surface area contributed by atoms with Gasteiger partial charge in [-0.25, -0.2) is 4.98 Å². The molecule has 0 spiro atoms. The fourth-order valence-electron chi connectivity index (χ4n) is 2.33. The fraction of sp³-hybridized carbons (Fsp3) is 0.333. The second-order valence-electron chi connectivity index (χ2n) is 5.31. The number of nitrogens with one attached hydrogen (secondary N) is 1. The number of nitrogens with zero attached hydrogens (tertiary/aromatic N) is 2. The molecule has 0 bridgehead atoms. The molecular weight excluding hydrogens is 268 g/mol. The molecule has 0 aromatic carbocycles. The van der Waals surface area contributed by atoms with Gasteiger partial charge in [0.2, 0.25) is 0 Å². The highest BCUT2D eigenvalue weighted by Gasteiger charge is 2.24. The fourth-order valence-corrected chi connectivity index (χ4v) is 3.43. The van der Waals surface area contributed by atoms with E-state index in [4.69, 9.17) is 5.73 Å². The number of aromatic nitrogens is 3. The monoisotopic (exact) mass is 286 g/mol. The largest absolute Gasteiger partial charge is 0.330 e. The van der Waals surface area contributed by atoms with E-state index in [0.29, 0.717) is 6.54 Å². The van der Waals surface area contributed by atoms with Crippen LogP contribution in [0, 0.1) is 0 Å². The number of hydrogen-bond acceptors (Lipinski definition) is 4. The van der Waals surface area contributed by atoms with E-state index in [0.717, 1.165) is 17.5 Å². The molecular formula is C15H18N4S. The van der Waals surface area contributed by atoms with Gasteiger partial charge in [0.15, 0.2) is 5.65 Å². The molecule has 0 aliphatic rings. The molecule has 1 unspecified atom stereocenters. The van der Waals surface area contributed by atoms with Crippen molar-refractivity contribution in [3.63, 3.8) is 0 Å². The standard InChI is InChI=1S/C15H18N4S/c1-3-15(2,9-16)10-6-13(20-8-10)11-4-5-17-14-12(11)7-18-19-14/h4-8H,3,9,16H2,1-2H3,(H,17,18,19). The number of H-pyrrole nitrogens is 1. The zero-order valence-electron chi connectivity index (χ0n) is 11.7. The van der Waals surface area contributed by atoms with Gasteiger partial charge in [-0.3, -0.25) is 5.10 Å². The van der Waals surface area contributed by atoms with Gasteiger partial charge in [-0.2, -0.15) is 5.10 Å². The van der Waals surface area contributed by atoms with E-state index in [-0.39, 0.29) is 5.41 Å². The first-order valence-electron chi connectivity index (χ1n) is 6.75. The Morgan fingerprint density at radius 3 is 3.05 bits per heavy atom. The predicted octanol–water partition coefficient (Wildman–Crippen LogP) is 3.31. The van der Waals surface area contributed by atoms with Gasteiger partial charge in [-0.1, -0.05) is 13.8 Å². The number of pyridine rings is 1. The maximum Gasteiger partial charge on any atom is 0.155 e. The number of fused-ring (bicyclic) bond motifs is 1. The zero-order chi connectivity index (χ0) is 14.2. The molecule has 1 atom stereocenters. The lowest BCUT2D eigenvalue weighted by molar-refractivity contribution is 0.469. The van der Waals surface area contributed by atoms with E-state index >= 15 is 0 Å². The summed E-state index contributed by atoms with van der Waals surface area (Å²) in [5, 5.41) is 10.3. The molecule has 3 heterocycles. The van der Waals surface area contributed by atoms with Crippen molar-refractivity contribution in [3.8, 4) is 10.4 Å². The average Bonchev–Trinajstić information content (AvgIpc) is 3.14. The Labute approximate surface area is 122 Å². The summed E-state index contributed by atoms with van der Waals surface area (Å²) >= 11 is 1.75. The van der Waals surface area contributed by atoms with Crippen LogP contribution < -0.4 is 5.73 Å². The van der Waals surface area contributed by atoms with Crippen molar-refractivity contribution in [3.05, 3.63) is 35.5 Å². The maximum atomic E-state index is 5.95. The highest BCUT2D eigenvalue weighted by molar-refractivity contribution is 7.13. The highest BCUT2D eigenvalue weighted by Crippen LogP contribution is 2.36. The highest BCUT2D eigenvalue weighted by atomic mass is 32.1. The summed E-state index contributed by atoms with van der Waals surface area (Å²) in [7, 11) is 0. The Balaban J connectivity index is 2.08. The summed E-state index contributed by atoms with van der Waals surface area (Å²) in [6.45, 7) is 5.07. The SMILES string of the molecule is CCC(C)(CN)c1csc(-c2ccnc3[nH]ncc23)c1. The van der Waals surface area contributed by atoms with Crippen LogP contribution in [0.3, 0.4) is 0 Å². The maximum absolute atomic E-state index is 5.95. The van der Waals surface area contributed by atoms with Gasteiger partial charge in [0.1, 0.15) is 0 Å². The molecule has 0 aliphatic heterocycles. The Hall–Kier alpha value is -1.72.